The fourth-order valence-electron chi connectivity index (χ4n) is 3.54. The Balaban J connectivity index is 1.97. The second-order valence-electron chi connectivity index (χ2n) is 7.51. The first-order valence-corrected chi connectivity index (χ1v) is 11.2. The maximum Gasteiger partial charge on any atom is 0.387 e. The largest absolute Gasteiger partial charge is 0.431 e. The Morgan fingerprint density at radius 1 is 0.944 bits per heavy atom. The number of halogens is 5. The molecule has 7 nitrogen and oxygen atoms in total. The molecule has 0 saturated carbocycles. The number of hydrogen-bond donors (Lipinski definition) is 2. The van der Waals surface area contributed by atoms with Crippen LogP contribution >= 0.6 is 11.6 Å². The second kappa shape index (κ2) is 13.0. The van der Waals surface area contributed by atoms with Crippen LogP contribution in [0.2, 0.25) is 5.15 Å². The summed E-state index contributed by atoms with van der Waals surface area (Å²) in [6.07, 6.45) is 3.59. The Morgan fingerprint density at radius 2 is 1.64 bits per heavy atom. The van der Waals surface area contributed by atoms with E-state index in [0.717, 1.165) is 6.07 Å². The molecule has 1 amide bonds. The molecule has 2 atom stereocenters. The molecule has 0 saturated heterocycles. The Labute approximate surface area is 209 Å². The third kappa shape index (κ3) is 7.79. The summed E-state index contributed by atoms with van der Waals surface area (Å²) in [5.41, 5.74) is 1.66. The summed E-state index contributed by atoms with van der Waals surface area (Å²) < 4.78 is 60.3. The number of hydrogen-bond acceptors (Lipinski definition) is 6. The Morgan fingerprint density at radius 3 is 2.25 bits per heavy atom. The normalized spacial score (nSPS) is 12.9. The molecule has 0 fully saturated rings. The lowest BCUT2D eigenvalue weighted by Crippen LogP contribution is -2.38. The summed E-state index contributed by atoms with van der Waals surface area (Å²) >= 11 is 5.80. The molecule has 192 valence electrons. The fraction of sp³-hybridized carbons (Fsp3) is 0.292. The molecule has 2 aromatic carbocycles. The SMILES string of the molecule is CNC(=O)[C@H](N[C@@H](CCc1cnc(Cl)cn1)c1ccc(OC(F)F)c(OC(F)F)c1)c1ccccc1. The highest BCUT2D eigenvalue weighted by Gasteiger charge is 2.26. The molecule has 0 unspecified atom stereocenters. The van der Waals surface area contributed by atoms with Gasteiger partial charge in [0.25, 0.3) is 0 Å². The Hall–Kier alpha value is -3.44. The summed E-state index contributed by atoms with van der Waals surface area (Å²) in [4.78, 5) is 20.9. The number of aromatic nitrogens is 2. The van der Waals surface area contributed by atoms with Crippen LogP contribution in [0.25, 0.3) is 0 Å². The van der Waals surface area contributed by atoms with Crippen molar-refractivity contribution in [2.24, 2.45) is 0 Å². The molecule has 2 N–H and O–H groups in total. The lowest BCUT2D eigenvalue weighted by Gasteiger charge is -2.26. The van der Waals surface area contributed by atoms with Crippen LogP contribution in [0.5, 0.6) is 11.5 Å². The van der Waals surface area contributed by atoms with Gasteiger partial charge in [-0.3, -0.25) is 15.1 Å². The van der Waals surface area contributed by atoms with Gasteiger partial charge in [0, 0.05) is 13.1 Å². The van der Waals surface area contributed by atoms with E-state index < -0.39 is 36.8 Å². The highest BCUT2D eigenvalue weighted by atomic mass is 35.5. The first-order valence-electron chi connectivity index (χ1n) is 10.8. The third-order valence-electron chi connectivity index (χ3n) is 5.17. The van der Waals surface area contributed by atoms with Gasteiger partial charge in [-0.1, -0.05) is 48.0 Å². The van der Waals surface area contributed by atoms with Gasteiger partial charge >= 0.3 is 13.2 Å². The molecule has 12 heteroatoms. The molecular weight excluding hydrogens is 504 g/mol. The molecular formula is C24H23ClF4N4O3. The first-order chi connectivity index (χ1) is 17.3. The molecule has 0 aliphatic rings. The number of carbonyl (C=O) groups excluding carboxylic acids is 1. The van der Waals surface area contributed by atoms with E-state index in [1.807, 2.05) is 0 Å². The average molecular weight is 527 g/mol. The van der Waals surface area contributed by atoms with Crippen molar-refractivity contribution >= 4 is 17.5 Å². The van der Waals surface area contributed by atoms with Crippen LogP contribution in [0.3, 0.4) is 0 Å². The summed E-state index contributed by atoms with van der Waals surface area (Å²) in [7, 11) is 1.49. The van der Waals surface area contributed by atoms with Crippen LogP contribution in [0.1, 0.15) is 35.3 Å². The average Bonchev–Trinajstić information content (AvgIpc) is 2.86. The van der Waals surface area contributed by atoms with E-state index in [9.17, 15) is 22.4 Å². The second-order valence-corrected chi connectivity index (χ2v) is 7.90. The van der Waals surface area contributed by atoms with E-state index in [1.165, 1.54) is 31.6 Å². The number of aryl methyl sites for hydroxylation is 1. The van der Waals surface area contributed by atoms with Crippen molar-refractivity contribution in [1.82, 2.24) is 20.6 Å². The van der Waals surface area contributed by atoms with Gasteiger partial charge in [-0.05, 0) is 36.1 Å². The first kappa shape index (κ1) is 27.2. The van der Waals surface area contributed by atoms with Crippen molar-refractivity contribution < 1.29 is 31.8 Å². The van der Waals surface area contributed by atoms with Crippen molar-refractivity contribution in [3.8, 4) is 11.5 Å². The number of ether oxygens (including phenoxy) is 2. The fourth-order valence-corrected chi connectivity index (χ4v) is 3.64. The molecule has 0 radical (unpaired) electrons. The molecule has 1 heterocycles. The maximum atomic E-state index is 13.0. The molecule has 3 rings (SSSR count). The van der Waals surface area contributed by atoms with Gasteiger partial charge in [0.1, 0.15) is 11.2 Å². The summed E-state index contributed by atoms with van der Waals surface area (Å²) in [6, 6.07) is 11.2. The number of amides is 1. The number of rotatable bonds is 12. The topological polar surface area (TPSA) is 85.4 Å². The van der Waals surface area contributed by atoms with Gasteiger partial charge in [0.15, 0.2) is 11.5 Å². The Kier molecular flexibility index (Phi) is 9.83. The molecule has 0 spiro atoms. The van der Waals surface area contributed by atoms with Crippen molar-refractivity contribution in [2.75, 3.05) is 7.05 Å². The lowest BCUT2D eigenvalue weighted by molar-refractivity contribution is -0.123. The molecule has 0 aliphatic heterocycles. The zero-order valence-electron chi connectivity index (χ0n) is 19.0. The highest BCUT2D eigenvalue weighted by molar-refractivity contribution is 6.29. The highest BCUT2D eigenvalue weighted by Crippen LogP contribution is 2.35. The van der Waals surface area contributed by atoms with Crippen molar-refractivity contribution in [3.05, 3.63) is 82.9 Å². The van der Waals surface area contributed by atoms with Crippen molar-refractivity contribution in [1.29, 1.82) is 0 Å². The van der Waals surface area contributed by atoms with E-state index in [4.69, 9.17) is 11.6 Å². The minimum atomic E-state index is -3.26. The standard InChI is InChI=1S/C24H23ClF4N4O3/c1-30-22(34)21(14-5-3-2-4-6-14)33-17(9-8-16-12-32-20(25)13-31-16)15-7-10-18(35-23(26)27)19(11-15)36-24(28)29/h2-7,10-13,17,21,23-24,33H,8-9H2,1H3,(H,30,34)/t17-,21+/m0/s1. The van der Waals surface area contributed by atoms with Crippen molar-refractivity contribution in [2.45, 2.75) is 38.1 Å². The number of benzene rings is 2. The summed E-state index contributed by atoms with van der Waals surface area (Å²) in [5.74, 6) is -1.43. The predicted octanol–water partition coefficient (Wildman–Crippen LogP) is 5.08. The van der Waals surface area contributed by atoms with Gasteiger partial charge in [-0.25, -0.2) is 4.98 Å². The van der Waals surface area contributed by atoms with Gasteiger partial charge < -0.3 is 14.8 Å². The van der Waals surface area contributed by atoms with Gasteiger partial charge in [-0.2, -0.15) is 17.6 Å². The van der Waals surface area contributed by atoms with Crippen LogP contribution < -0.4 is 20.1 Å². The maximum absolute atomic E-state index is 13.0. The minimum absolute atomic E-state index is 0.223. The summed E-state index contributed by atoms with van der Waals surface area (Å²) in [6.45, 7) is -6.50. The molecule has 0 bridgehead atoms. The number of nitrogens with one attached hydrogen (secondary N) is 2. The lowest BCUT2D eigenvalue weighted by atomic mass is 9.97. The van der Waals surface area contributed by atoms with Crippen molar-refractivity contribution in [3.63, 3.8) is 0 Å². The van der Waals surface area contributed by atoms with Crippen LogP contribution in [-0.2, 0) is 11.2 Å². The number of nitrogens with zero attached hydrogens (tertiary/aromatic N) is 2. The number of likely N-dealkylation sites (N-methyl/N-ethyl adjacent to an activating group) is 1. The van der Waals surface area contributed by atoms with Gasteiger partial charge in [-0.15, -0.1) is 0 Å². The smallest absolute Gasteiger partial charge is 0.387 e. The monoisotopic (exact) mass is 526 g/mol. The van der Waals surface area contributed by atoms with Crippen LogP contribution in [0.15, 0.2) is 60.9 Å². The van der Waals surface area contributed by atoms with Gasteiger partial charge in [0.2, 0.25) is 5.91 Å². The van der Waals surface area contributed by atoms with Crippen LogP contribution in [0.4, 0.5) is 17.6 Å². The zero-order chi connectivity index (χ0) is 26.1. The van der Waals surface area contributed by atoms with E-state index >= 15 is 0 Å². The molecule has 36 heavy (non-hydrogen) atoms. The minimum Gasteiger partial charge on any atom is -0.431 e. The zero-order valence-corrected chi connectivity index (χ0v) is 19.8. The van der Waals surface area contributed by atoms with E-state index in [-0.39, 0.29) is 11.1 Å². The van der Waals surface area contributed by atoms with Crippen LogP contribution in [0, 0.1) is 0 Å². The predicted molar refractivity (Wildman–Crippen MR) is 124 cm³/mol. The molecule has 0 aliphatic carbocycles. The van der Waals surface area contributed by atoms with Gasteiger partial charge in [0.05, 0.1) is 18.1 Å². The summed E-state index contributed by atoms with van der Waals surface area (Å²) in [5, 5.41) is 6.07. The van der Waals surface area contributed by atoms with E-state index in [1.54, 1.807) is 30.3 Å². The van der Waals surface area contributed by atoms with E-state index in [2.05, 4.69) is 30.1 Å². The quantitative estimate of drug-likeness (QED) is 0.320. The Bertz CT molecular complexity index is 1120. The number of alkyl halides is 4. The van der Waals surface area contributed by atoms with E-state index in [0.29, 0.717) is 29.7 Å². The number of carbonyl (C=O) groups is 1. The van der Waals surface area contributed by atoms with Crippen LogP contribution in [-0.4, -0.2) is 36.1 Å². The molecule has 3 aromatic rings. The molecule has 1 aromatic heterocycles. The third-order valence-corrected chi connectivity index (χ3v) is 5.37.